The summed E-state index contributed by atoms with van der Waals surface area (Å²) in [5, 5.41) is 9.65. The van der Waals surface area contributed by atoms with Gasteiger partial charge in [0.1, 0.15) is 10.8 Å². The summed E-state index contributed by atoms with van der Waals surface area (Å²) in [7, 11) is -3.52. The van der Waals surface area contributed by atoms with Crippen molar-refractivity contribution in [1.29, 1.82) is 0 Å². The molecule has 0 amide bonds. The van der Waals surface area contributed by atoms with E-state index in [9.17, 15) is 8.42 Å². The molecule has 8 nitrogen and oxygen atoms in total. The maximum Gasteiger partial charge on any atom is 0.229 e. The van der Waals surface area contributed by atoms with Crippen molar-refractivity contribution in [3.63, 3.8) is 0 Å². The highest BCUT2D eigenvalue weighted by molar-refractivity contribution is 7.92. The number of hydrogen-bond acceptors (Lipinski definition) is 8. The van der Waals surface area contributed by atoms with Gasteiger partial charge in [-0.15, -0.1) is 0 Å². The van der Waals surface area contributed by atoms with Crippen molar-refractivity contribution in [1.82, 2.24) is 15.3 Å². The van der Waals surface area contributed by atoms with Gasteiger partial charge >= 0.3 is 0 Å². The number of nitrogens with zero attached hydrogens (tertiary/aromatic N) is 2. The zero-order valence-electron chi connectivity index (χ0n) is 23.2. The number of aryl methyl sites for hydroxylation is 1. The van der Waals surface area contributed by atoms with E-state index in [2.05, 4.69) is 45.0 Å². The van der Waals surface area contributed by atoms with Crippen LogP contribution in [0.25, 0.3) is 0 Å². The van der Waals surface area contributed by atoms with Crippen LogP contribution in [0, 0.1) is 6.92 Å². The van der Waals surface area contributed by atoms with Gasteiger partial charge in [-0.1, -0.05) is 30.2 Å². The quantitative estimate of drug-likeness (QED) is 0.259. The molecule has 1 fully saturated rings. The molecule has 1 aromatic heterocycles. The Balaban J connectivity index is 1.66. The van der Waals surface area contributed by atoms with Crippen molar-refractivity contribution in [2.45, 2.75) is 76.0 Å². The largest absolute Gasteiger partial charge is 0.489 e. The Bertz CT molecular complexity index is 1400. The first-order valence-corrected chi connectivity index (χ1v) is 15.4. The third kappa shape index (κ3) is 7.01. The highest BCUT2D eigenvalue weighted by Crippen LogP contribution is 2.37. The molecular weight excluding hydrogens is 534 g/mol. The molecular formula is C29H38ClN5O3S. The molecule has 0 radical (unpaired) electrons. The molecule has 0 spiro atoms. The molecule has 2 heterocycles. The molecule has 3 N–H and O–H groups in total. The smallest absolute Gasteiger partial charge is 0.229 e. The molecule has 39 heavy (non-hydrogen) atoms. The Morgan fingerprint density at radius 3 is 2.59 bits per heavy atom. The van der Waals surface area contributed by atoms with E-state index in [-0.39, 0.29) is 16.0 Å². The van der Waals surface area contributed by atoms with Crippen LogP contribution in [0.1, 0.15) is 64.0 Å². The molecule has 3 aromatic rings. The molecule has 0 unspecified atom stereocenters. The molecule has 2 aromatic carbocycles. The number of benzene rings is 2. The van der Waals surface area contributed by atoms with Crippen molar-refractivity contribution in [3.8, 4) is 5.75 Å². The number of halogens is 1. The van der Waals surface area contributed by atoms with Crippen LogP contribution < -0.4 is 20.7 Å². The van der Waals surface area contributed by atoms with Crippen LogP contribution in [-0.4, -0.2) is 42.8 Å². The average Bonchev–Trinajstić information content (AvgIpc) is 3.17. The van der Waals surface area contributed by atoms with Crippen LogP contribution in [0.3, 0.4) is 0 Å². The van der Waals surface area contributed by atoms with Gasteiger partial charge < -0.3 is 20.7 Å². The van der Waals surface area contributed by atoms with E-state index in [1.54, 1.807) is 38.1 Å². The van der Waals surface area contributed by atoms with Gasteiger partial charge in [0.15, 0.2) is 15.7 Å². The van der Waals surface area contributed by atoms with E-state index in [0.29, 0.717) is 23.4 Å². The van der Waals surface area contributed by atoms with Crippen molar-refractivity contribution in [2.75, 3.05) is 23.7 Å². The minimum Gasteiger partial charge on any atom is -0.489 e. The Hall–Kier alpha value is -2.88. The standard InChI is InChI=1S/C29H38ClN5O3S/c1-18(2)38-26-15-22(21-10-8-9-13-31-16-21)20(5)14-25(26)34-29-32-17-23(30)28(35-29)33-24-11-6-7-12-27(24)39(36,37)19(3)4/h6-7,11-12,14-15,17-19,21,31H,8-10,13,16H2,1-5H3,(H2,32,33,34,35)/t21-/m1/s1. The van der Waals surface area contributed by atoms with Gasteiger partial charge in [0.2, 0.25) is 5.95 Å². The summed E-state index contributed by atoms with van der Waals surface area (Å²) in [5.74, 6) is 1.77. The predicted octanol–water partition coefficient (Wildman–Crippen LogP) is 6.75. The van der Waals surface area contributed by atoms with Crippen LogP contribution >= 0.6 is 11.6 Å². The number of sulfone groups is 1. The minimum absolute atomic E-state index is 0.0175. The average molecular weight is 572 g/mol. The minimum atomic E-state index is -3.52. The number of rotatable bonds is 9. The first kappa shape index (κ1) is 29.1. The Morgan fingerprint density at radius 2 is 1.85 bits per heavy atom. The summed E-state index contributed by atoms with van der Waals surface area (Å²) >= 11 is 6.43. The van der Waals surface area contributed by atoms with Gasteiger partial charge in [-0.2, -0.15) is 4.98 Å². The van der Waals surface area contributed by atoms with Crippen molar-refractivity contribution < 1.29 is 13.2 Å². The second kappa shape index (κ2) is 12.5. The predicted molar refractivity (Wildman–Crippen MR) is 159 cm³/mol. The lowest BCUT2D eigenvalue weighted by molar-refractivity contribution is 0.243. The highest BCUT2D eigenvalue weighted by atomic mass is 35.5. The molecule has 1 aliphatic heterocycles. The third-order valence-corrected chi connectivity index (χ3v) is 9.26. The van der Waals surface area contributed by atoms with Crippen LogP contribution in [-0.2, 0) is 9.84 Å². The fourth-order valence-electron chi connectivity index (χ4n) is 4.71. The Morgan fingerprint density at radius 1 is 1.08 bits per heavy atom. The zero-order chi connectivity index (χ0) is 28.2. The molecule has 0 bridgehead atoms. The lowest BCUT2D eigenvalue weighted by Crippen LogP contribution is -2.20. The van der Waals surface area contributed by atoms with E-state index in [1.807, 2.05) is 13.8 Å². The fraction of sp³-hybridized carbons (Fsp3) is 0.448. The first-order valence-electron chi connectivity index (χ1n) is 13.5. The number of para-hydroxylation sites is 1. The SMILES string of the molecule is Cc1cc(Nc2ncc(Cl)c(Nc3ccccc3S(=O)(=O)C(C)C)n2)c(OC(C)C)cc1[C@@H]1CCCCNC1. The van der Waals surface area contributed by atoms with Gasteiger partial charge in [-0.25, -0.2) is 13.4 Å². The number of ether oxygens (including phenoxy) is 1. The van der Waals surface area contributed by atoms with Gasteiger partial charge in [0.25, 0.3) is 0 Å². The van der Waals surface area contributed by atoms with Gasteiger partial charge in [0.05, 0.1) is 33.8 Å². The second-order valence-electron chi connectivity index (χ2n) is 10.5. The van der Waals surface area contributed by atoms with Crippen molar-refractivity contribution in [3.05, 3.63) is 58.7 Å². The third-order valence-electron chi connectivity index (χ3n) is 6.78. The summed E-state index contributed by atoms with van der Waals surface area (Å²) in [4.78, 5) is 9.14. The Kier molecular flexibility index (Phi) is 9.35. The fourth-order valence-corrected chi connectivity index (χ4v) is 6.05. The molecule has 10 heteroatoms. The van der Waals surface area contributed by atoms with Gasteiger partial charge in [-0.05, 0) is 95.3 Å². The lowest BCUT2D eigenvalue weighted by atomic mass is 9.90. The highest BCUT2D eigenvalue weighted by Gasteiger charge is 2.24. The van der Waals surface area contributed by atoms with Gasteiger partial charge in [0, 0.05) is 6.54 Å². The van der Waals surface area contributed by atoms with E-state index >= 15 is 0 Å². The molecule has 0 saturated carbocycles. The van der Waals surface area contributed by atoms with Gasteiger partial charge in [-0.3, -0.25) is 0 Å². The summed E-state index contributed by atoms with van der Waals surface area (Å²) < 4.78 is 32.1. The maximum absolute atomic E-state index is 12.9. The van der Waals surface area contributed by atoms with E-state index in [4.69, 9.17) is 16.3 Å². The van der Waals surface area contributed by atoms with E-state index in [0.717, 1.165) is 30.9 Å². The van der Waals surface area contributed by atoms with Crippen LogP contribution in [0.5, 0.6) is 5.75 Å². The summed E-state index contributed by atoms with van der Waals surface area (Å²) in [5.41, 5.74) is 3.61. The van der Waals surface area contributed by atoms with Crippen molar-refractivity contribution in [2.24, 2.45) is 0 Å². The van der Waals surface area contributed by atoms with Crippen LogP contribution in [0.2, 0.25) is 5.02 Å². The monoisotopic (exact) mass is 571 g/mol. The molecule has 1 saturated heterocycles. The number of anilines is 4. The summed E-state index contributed by atoms with van der Waals surface area (Å²) in [6, 6.07) is 10.9. The van der Waals surface area contributed by atoms with Crippen LogP contribution in [0.15, 0.2) is 47.5 Å². The number of nitrogens with one attached hydrogen (secondary N) is 3. The topological polar surface area (TPSA) is 105 Å². The molecule has 1 atom stereocenters. The molecule has 1 aliphatic rings. The van der Waals surface area contributed by atoms with Crippen molar-refractivity contribution >= 4 is 44.6 Å². The molecule has 210 valence electrons. The molecule has 0 aliphatic carbocycles. The summed E-state index contributed by atoms with van der Waals surface area (Å²) in [6.45, 7) is 11.4. The van der Waals surface area contributed by atoms with Crippen LogP contribution in [0.4, 0.5) is 23.1 Å². The Labute approximate surface area is 236 Å². The second-order valence-corrected chi connectivity index (χ2v) is 13.4. The van der Waals surface area contributed by atoms with E-state index in [1.165, 1.54) is 30.2 Å². The number of aromatic nitrogens is 2. The zero-order valence-corrected chi connectivity index (χ0v) is 24.8. The molecule has 4 rings (SSSR count). The van der Waals surface area contributed by atoms with E-state index < -0.39 is 15.1 Å². The number of hydrogen-bond donors (Lipinski definition) is 3. The summed E-state index contributed by atoms with van der Waals surface area (Å²) in [6.07, 6.45) is 5.01. The first-order chi connectivity index (χ1) is 18.6. The maximum atomic E-state index is 12.9. The normalized spacial score (nSPS) is 16.3. The lowest BCUT2D eigenvalue weighted by Gasteiger charge is -2.22.